The van der Waals surface area contributed by atoms with Crippen molar-refractivity contribution in [3.05, 3.63) is 35.4 Å². The van der Waals surface area contributed by atoms with Crippen LogP contribution in [-0.4, -0.2) is 14.5 Å². The second-order valence-electron chi connectivity index (χ2n) is 4.86. The van der Waals surface area contributed by atoms with Gasteiger partial charge in [0.05, 0.1) is 5.75 Å². The van der Waals surface area contributed by atoms with Crippen LogP contribution in [0.2, 0.25) is 0 Å². The molecule has 0 amide bonds. The Bertz CT molecular complexity index is 513. The molecule has 0 saturated heterocycles. The van der Waals surface area contributed by atoms with Crippen molar-refractivity contribution in [1.29, 1.82) is 0 Å². The van der Waals surface area contributed by atoms with Gasteiger partial charge in [-0.3, -0.25) is 0 Å². The molecule has 1 aromatic carbocycles. The van der Waals surface area contributed by atoms with Crippen LogP contribution in [0.3, 0.4) is 0 Å². The Morgan fingerprint density at radius 2 is 2.00 bits per heavy atom. The number of rotatable bonds is 6. The van der Waals surface area contributed by atoms with Crippen LogP contribution >= 0.6 is 0 Å². The van der Waals surface area contributed by atoms with Gasteiger partial charge in [0.1, 0.15) is 0 Å². The van der Waals surface area contributed by atoms with Crippen molar-refractivity contribution >= 4 is 10.0 Å². The maximum absolute atomic E-state index is 12.0. The van der Waals surface area contributed by atoms with E-state index in [2.05, 4.69) is 11.6 Å². The van der Waals surface area contributed by atoms with Crippen molar-refractivity contribution < 1.29 is 8.42 Å². The summed E-state index contributed by atoms with van der Waals surface area (Å²) < 4.78 is 26.8. The van der Waals surface area contributed by atoms with E-state index < -0.39 is 10.0 Å². The molecule has 0 heterocycles. The van der Waals surface area contributed by atoms with Crippen LogP contribution < -0.4 is 10.5 Å². The fraction of sp³-hybridized carbons (Fsp3) is 0.538. The highest BCUT2D eigenvalue weighted by Crippen LogP contribution is 2.33. The standard InChI is InChI=1S/C13H20N2O2S/c1-2-10-7-13(10)15-18(16,17)9-12-6-4-3-5-11(12)8-14/h3-6,10,13,15H,2,7-9,14H2,1H3. The molecule has 4 nitrogen and oxygen atoms in total. The Morgan fingerprint density at radius 3 is 2.56 bits per heavy atom. The molecular formula is C13H20N2O2S. The summed E-state index contributed by atoms with van der Waals surface area (Å²) in [6.45, 7) is 2.45. The largest absolute Gasteiger partial charge is 0.326 e. The van der Waals surface area contributed by atoms with Gasteiger partial charge in [-0.25, -0.2) is 13.1 Å². The predicted molar refractivity (Wildman–Crippen MR) is 72.3 cm³/mol. The van der Waals surface area contributed by atoms with Gasteiger partial charge in [-0.15, -0.1) is 0 Å². The minimum absolute atomic E-state index is 0.0211. The zero-order valence-corrected chi connectivity index (χ0v) is 11.4. The number of sulfonamides is 1. The lowest BCUT2D eigenvalue weighted by Crippen LogP contribution is -2.28. The quantitative estimate of drug-likeness (QED) is 0.818. The number of nitrogens with one attached hydrogen (secondary N) is 1. The van der Waals surface area contributed by atoms with Crippen molar-refractivity contribution in [2.75, 3.05) is 0 Å². The first-order chi connectivity index (χ1) is 8.55. The second-order valence-corrected chi connectivity index (χ2v) is 6.61. The predicted octanol–water partition coefficient (Wildman–Crippen LogP) is 1.36. The molecule has 5 heteroatoms. The first-order valence-corrected chi connectivity index (χ1v) is 7.97. The summed E-state index contributed by atoms with van der Waals surface area (Å²) >= 11 is 0. The zero-order valence-electron chi connectivity index (χ0n) is 10.6. The number of benzene rings is 1. The van der Waals surface area contributed by atoms with E-state index in [0.717, 1.165) is 24.0 Å². The number of hydrogen-bond donors (Lipinski definition) is 2. The van der Waals surface area contributed by atoms with Crippen molar-refractivity contribution in [1.82, 2.24) is 4.72 Å². The molecule has 0 bridgehead atoms. The monoisotopic (exact) mass is 268 g/mol. The zero-order chi connectivity index (χ0) is 13.2. The van der Waals surface area contributed by atoms with Gasteiger partial charge in [0.25, 0.3) is 0 Å². The fourth-order valence-electron chi connectivity index (χ4n) is 2.22. The van der Waals surface area contributed by atoms with Gasteiger partial charge in [-0.1, -0.05) is 37.6 Å². The normalized spacial score (nSPS) is 23.0. The molecule has 0 aliphatic heterocycles. The van der Waals surface area contributed by atoms with Crippen LogP contribution in [0.15, 0.2) is 24.3 Å². The van der Waals surface area contributed by atoms with Crippen LogP contribution in [0, 0.1) is 5.92 Å². The maximum Gasteiger partial charge on any atom is 0.216 e. The summed E-state index contributed by atoms with van der Waals surface area (Å²) in [7, 11) is -3.25. The van der Waals surface area contributed by atoms with E-state index >= 15 is 0 Å². The highest BCUT2D eigenvalue weighted by Gasteiger charge is 2.38. The van der Waals surface area contributed by atoms with Crippen LogP contribution in [0.4, 0.5) is 0 Å². The number of nitrogens with two attached hydrogens (primary N) is 1. The molecule has 100 valence electrons. The van der Waals surface area contributed by atoms with Gasteiger partial charge < -0.3 is 5.73 Å². The molecular weight excluding hydrogens is 248 g/mol. The summed E-state index contributed by atoms with van der Waals surface area (Å²) in [6.07, 6.45) is 2.00. The van der Waals surface area contributed by atoms with Crippen LogP contribution in [0.1, 0.15) is 30.9 Å². The lowest BCUT2D eigenvalue weighted by atomic mass is 10.1. The second kappa shape index (κ2) is 5.38. The van der Waals surface area contributed by atoms with Gasteiger partial charge in [0.2, 0.25) is 10.0 Å². The molecule has 1 aliphatic carbocycles. The first-order valence-electron chi connectivity index (χ1n) is 6.32. The van der Waals surface area contributed by atoms with E-state index in [0.29, 0.717) is 12.5 Å². The molecule has 1 saturated carbocycles. The molecule has 1 fully saturated rings. The van der Waals surface area contributed by atoms with Gasteiger partial charge in [0, 0.05) is 12.6 Å². The topological polar surface area (TPSA) is 72.2 Å². The fourth-order valence-corrected chi connectivity index (χ4v) is 3.74. The average Bonchev–Trinajstić information content (AvgIpc) is 3.06. The molecule has 2 rings (SSSR count). The van der Waals surface area contributed by atoms with E-state index in [1.54, 1.807) is 0 Å². The molecule has 0 aromatic heterocycles. The highest BCUT2D eigenvalue weighted by atomic mass is 32.2. The van der Waals surface area contributed by atoms with Gasteiger partial charge in [-0.05, 0) is 23.5 Å². The Labute approximate surface area is 109 Å². The van der Waals surface area contributed by atoms with Crippen molar-refractivity contribution in [2.45, 2.75) is 38.1 Å². The van der Waals surface area contributed by atoms with E-state index in [1.165, 1.54) is 0 Å². The third-order valence-corrected chi connectivity index (χ3v) is 4.81. The van der Waals surface area contributed by atoms with Gasteiger partial charge >= 0.3 is 0 Å². The molecule has 3 N–H and O–H groups in total. The SMILES string of the molecule is CCC1CC1NS(=O)(=O)Cc1ccccc1CN. The third kappa shape index (κ3) is 3.31. The maximum atomic E-state index is 12.0. The molecule has 2 atom stereocenters. The summed E-state index contributed by atoms with van der Waals surface area (Å²) in [5.74, 6) is 0.539. The van der Waals surface area contributed by atoms with E-state index in [9.17, 15) is 8.42 Å². The van der Waals surface area contributed by atoms with E-state index in [1.807, 2.05) is 24.3 Å². The summed E-state index contributed by atoms with van der Waals surface area (Å²) in [5, 5.41) is 0. The minimum atomic E-state index is -3.25. The van der Waals surface area contributed by atoms with Crippen LogP contribution in [-0.2, 0) is 22.3 Å². The summed E-state index contributed by atoms with van der Waals surface area (Å²) in [6, 6.07) is 7.56. The Balaban J connectivity index is 2.03. The number of hydrogen-bond acceptors (Lipinski definition) is 3. The van der Waals surface area contributed by atoms with Crippen molar-refractivity contribution in [3.8, 4) is 0 Å². The Hall–Kier alpha value is -0.910. The lowest BCUT2D eigenvalue weighted by molar-refractivity contribution is 0.575. The van der Waals surface area contributed by atoms with E-state index in [4.69, 9.17) is 5.73 Å². The smallest absolute Gasteiger partial charge is 0.216 e. The van der Waals surface area contributed by atoms with Crippen LogP contribution in [0.5, 0.6) is 0 Å². The lowest BCUT2D eigenvalue weighted by Gasteiger charge is -2.09. The summed E-state index contributed by atoms with van der Waals surface area (Å²) in [5.41, 5.74) is 7.30. The Kier molecular flexibility index (Phi) is 4.04. The van der Waals surface area contributed by atoms with Gasteiger partial charge in [0.15, 0.2) is 0 Å². The Morgan fingerprint density at radius 1 is 1.33 bits per heavy atom. The molecule has 0 spiro atoms. The minimum Gasteiger partial charge on any atom is -0.326 e. The first kappa shape index (κ1) is 13.5. The van der Waals surface area contributed by atoms with Crippen molar-refractivity contribution in [2.24, 2.45) is 11.7 Å². The molecule has 2 unspecified atom stereocenters. The molecule has 1 aliphatic rings. The van der Waals surface area contributed by atoms with Crippen LogP contribution in [0.25, 0.3) is 0 Å². The highest BCUT2D eigenvalue weighted by molar-refractivity contribution is 7.88. The summed E-state index contributed by atoms with van der Waals surface area (Å²) in [4.78, 5) is 0. The average molecular weight is 268 g/mol. The van der Waals surface area contributed by atoms with Gasteiger partial charge in [-0.2, -0.15) is 0 Å². The third-order valence-electron chi connectivity index (χ3n) is 3.46. The van der Waals surface area contributed by atoms with E-state index in [-0.39, 0.29) is 11.8 Å². The molecule has 0 radical (unpaired) electrons. The molecule has 1 aromatic rings. The van der Waals surface area contributed by atoms with Crippen molar-refractivity contribution in [3.63, 3.8) is 0 Å². The molecule has 18 heavy (non-hydrogen) atoms.